The molecule has 0 aliphatic heterocycles. The summed E-state index contributed by atoms with van der Waals surface area (Å²) >= 11 is 0. The summed E-state index contributed by atoms with van der Waals surface area (Å²) in [4.78, 5) is 28.2. The molecule has 14 heteroatoms. The summed E-state index contributed by atoms with van der Waals surface area (Å²) in [5, 5.41) is 36.0. The molecule has 0 radical (unpaired) electrons. The second-order valence-electron chi connectivity index (χ2n) is 6.97. The molecule has 0 heterocycles. The molecule has 0 aliphatic rings. The van der Waals surface area contributed by atoms with Crippen LogP contribution in [0.5, 0.6) is 0 Å². The van der Waals surface area contributed by atoms with Crippen LogP contribution in [0, 0.1) is 0 Å². The van der Waals surface area contributed by atoms with Gasteiger partial charge in [-0.15, -0.1) is 0 Å². The Hall–Kier alpha value is 0.240. The van der Waals surface area contributed by atoms with Crippen molar-refractivity contribution in [1.29, 1.82) is 0 Å². The number of carboxylic acids is 3. The summed E-state index contributed by atoms with van der Waals surface area (Å²) in [6.07, 6.45) is 8.40. The Morgan fingerprint density at radius 1 is 0.844 bits per heavy atom. The number of nitrogens with one attached hydrogen (secondary N) is 1. The molecule has 182 valence electrons. The summed E-state index contributed by atoms with van der Waals surface area (Å²) in [6.45, 7) is 3.20. The number of aliphatic hydroxyl groups excluding tert-OH is 1. The van der Waals surface area contributed by atoms with Gasteiger partial charge >= 0.3 is 77.0 Å². The van der Waals surface area contributed by atoms with Crippen molar-refractivity contribution in [2.75, 3.05) is 0 Å². The van der Waals surface area contributed by atoms with Crippen molar-refractivity contribution in [3.63, 3.8) is 0 Å². The fourth-order valence-corrected chi connectivity index (χ4v) is 3.45. The van der Waals surface area contributed by atoms with Gasteiger partial charge in [0.15, 0.2) is 0 Å². The predicted octanol–water partition coefficient (Wildman–Crippen LogP) is 0.753. The van der Waals surface area contributed by atoms with Crippen molar-refractivity contribution >= 4 is 87.1 Å². The Morgan fingerprint density at radius 3 is 1.53 bits per heavy atom. The van der Waals surface area contributed by atoms with Crippen molar-refractivity contribution < 1.29 is 47.8 Å². The molecule has 2 atom stereocenters. The topological polar surface area (TPSA) is 199 Å². The van der Waals surface area contributed by atoms with Gasteiger partial charge in [-0.3, -0.25) is 19.5 Å². The zero-order valence-electron chi connectivity index (χ0n) is 17.5. The van der Waals surface area contributed by atoms with Gasteiger partial charge in [-0.1, -0.05) is 58.3 Å². The molecule has 0 rings (SSSR count). The van der Waals surface area contributed by atoms with Crippen molar-refractivity contribution in [2.45, 2.75) is 95.6 Å². The number of carboxylic acid groups (broad SMARTS) is 3. The van der Waals surface area contributed by atoms with Crippen LogP contribution < -0.4 is 5.32 Å². The van der Waals surface area contributed by atoms with E-state index in [2.05, 4.69) is 6.92 Å². The number of unbranched alkanes of at least 4 members (excludes halogenated alkanes) is 8. The van der Waals surface area contributed by atoms with E-state index in [1.807, 2.05) is 0 Å². The average molecular weight is 506 g/mol. The standard InChI is InChI=1S/C12H24O2.C6H11NO8S.2Na.2H/c1-2-3-4-5-6-7-8-9-10-11-12(13)14;1-3(8)7-6(5(11)12,2-4(9)10)16(13,14)15;;;;/h2-11H2,1H3,(H,13,14);3,7-8H,2H2,1H3,(H,9,10)(H,11,12)(H,13,14,15);;;;. The molecule has 0 aliphatic carbocycles. The van der Waals surface area contributed by atoms with Gasteiger partial charge in [-0.2, -0.15) is 8.42 Å². The summed E-state index contributed by atoms with van der Waals surface area (Å²) in [7, 11) is -5.27. The Bertz CT molecular complexity index is 631. The number of aliphatic hydroxyl groups is 1. The number of carbonyl (C=O) groups is 3. The molecule has 0 spiro atoms. The molecule has 0 bridgehead atoms. The third-order valence-corrected chi connectivity index (χ3v) is 5.44. The van der Waals surface area contributed by atoms with E-state index in [4.69, 9.17) is 25.0 Å². The van der Waals surface area contributed by atoms with Crippen molar-refractivity contribution in [2.24, 2.45) is 0 Å². The van der Waals surface area contributed by atoms with Crippen LogP contribution in [0.15, 0.2) is 0 Å². The summed E-state index contributed by atoms with van der Waals surface area (Å²) in [5.74, 6) is -4.56. The molecule has 0 aromatic rings. The Kier molecular flexibility index (Phi) is 26.8. The number of rotatable bonds is 16. The third-order valence-electron chi connectivity index (χ3n) is 4.12. The van der Waals surface area contributed by atoms with E-state index in [0.717, 1.165) is 19.8 Å². The van der Waals surface area contributed by atoms with Gasteiger partial charge in [0.25, 0.3) is 15.0 Å². The molecular formula is C18H37NNa2O10S. The average Bonchev–Trinajstić information content (AvgIpc) is 2.58. The van der Waals surface area contributed by atoms with Crippen molar-refractivity contribution in [3.8, 4) is 0 Å². The summed E-state index contributed by atoms with van der Waals surface area (Å²) in [5.41, 5.74) is 0. The van der Waals surface area contributed by atoms with Crippen LogP contribution in [-0.4, -0.2) is 122 Å². The predicted molar refractivity (Wildman–Crippen MR) is 123 cm³/mol. The minimum absolute atomic E-state index is 0. The maximum atomic E-state index is 10.9. The first-order chi connectivity index (χ1) is 13.8. The molecule has 6 N–H and O–H groups in total. The molecule has 0 fully saturated rings. The van der Waals surface area contributed by atoms with E-state index in [-0.39, 0.29) is 59.1 Å². The third kappa shape index (κ3) is 19.7. The molecule has 32 heavy (non-hydrogen) atoms. The van der Waals surface area contributed by atoms with Crippen LogP contribution in [0.25, 0.3) is 0 Å². The van der Waals surface area contributed by atoms with E-state index in [1.54, 1.807) is 5.32 Å². The van der Waals surface area contributed by atoms with Gasteiger partial charge in [-0.25, -0.2) is 4.79 Å². The van der Waals surface area contributed by atoms with Gasteiger partial charge < -0.3 is 20.4 Å². The van der Waals surface area contributed by atoms with Crippen molar-refractivity contribution in [1.82, 2.24) is 5.32 Å². The van der Waals surface area contributed by atoms with Crippen LogP contribution in [0.1, 0.15) is 84.5 Å². The zero-order chi connectivity index (χ0) is 23.8. The van der Waals surface area contributed by atoms with E-state index in [9.17, 15) is 22.8 Å². The van der Waals surface area contributed by atoms with Gasteiger partial charge in [-0.05, 0) is 13.3 Å². The molecule has 2 unspecified atom stereocenters. The fraction of sp³-hybridized carbons (Fsp3) is 0.833. The first-order valence-electron chi connectivity index (χ1n) is 9.90. The molecule has 0 aromatic heterocycles. The van der Waals surface area contributed by atoms with E-state index in [0.29, 0.717) is 6.42 Å². The maximum absolute atomic E-state index is 10.9. The van der Waals surface area contributed by atoms with Crippen molar-refractivity contribution in [3.05, 3.63) is 0 Å². The Labute approximate surface area is 234 Å². The second kappa shape index (κ2) is 21.8. The quantitative estimate of drug-likeness (QED) is 0.0749. The minimum atomic E-state index is -5.27. The number of aliphatic carboxylic acids is 3. The van der Waals surface area contributed by atoms with Gasteiger partial charge in [0, 0.05) is 6.42 Å². The van der Waals surface area contributed by atoms with Gasteiger partial charge in [0.1, 0.15) is 6.23 Å². The molecule has 0 saturated heterocycles. The van der Waals surface area contributed by atoms with E-state index < -0.39 is 45.5 Å². The van der Waals surface area contributed by atoms with Gasteiger partial charge in [0.2, 0.25) is 0 Å². The zero-order valence-corrected chi connectivity index (χ0v) is 18.4. The first kappa shape index (κ1) is 39.5. The first-order valence-corrected chi connectivity index (χ1v) is 11.3. The summed E-state index contributed by atoms with van der Waals surface area (Å²) in [6, 6.07) is 0. The fourth-order valence-electron chi connectivity index (χ4n) is 2.60. The van der Waals surface area contributed by atoms with Crippen LogP contribution in [0.2, 0.25) is 0 Å². The monoisotopic (exact) mass is 505 g/mol. The SMILES string of the molecule is CC(O)NC(CC(=O)O)(C(=O)O)S(=O)(=O)O.CCCCCCCCCCCC(=O)O.[NaH].[NaH]. The number of hydrogen-bond donors (Lipinski definition) is 6. The normalized spacial score (nSPS) is 13.2. The molecular weight excluding hydrogens is 468 g/mol. The molecule has 0 aromatic carbocycles. The van der Waals surface area contributed by atoms with Gasteiger partial charge in [0.05, 0.1) is 6.42 Å². The Balaban J connectivity index is -0.000000232. The van der Waals surface area contributed by atoms with E-state index in [1.165, 1.54) is 44.9 Å². The van der Waals surface area contributed by atoms with Crippen LogP contribution in [0.4, 0.5) is 0 Å². The second-order valence-corrected chi connectivity index (χ2v) is 8.62. The molecule has 11 nitrogen and oxygen atoms in total. The molecule has 0 amide bonds. The molecule has 0 saturated carbocycles. The van der Waals surface area contributed by atoms with Crippen LogP contribution in [0.3, 0.4) is 0 Å². The van der Waals surface area contributed by atoms with E-state index >= 15 is 0 Å². The van der Waals surface area contributed by atoms with Crippen LogP contribution in [-0.2, 0) is 24.5 Å². The Morgan fingerprint density at radius 2 is 1.25 bits per heavy atom. The summed E-state index contributed by atoms with van der Waals surface area (Å²) < 4.78 is 30.6. The number of hydrogen-bond acceptors (Lipinski definition) is 7. The van der Waals surface area contributed by atoms with Crippen LogP contribution >= 0.6 is 0 Å².